The van der Waals surface area contributed by atoms with Crippen LogP contribution in [0.1, 0.15) is 18.4 Å². The van der Waals surface area contributed by atoms with Crippen LogP contribution in [0.15, 0.2) is 24.3 Å². The molecule has 1 aromatic rings. The molecular formula is C12H16ClNO. The maximum Gasteiger partial charge on any atom is 0.0667 e. The van der Waals surface area contributed by atoms with Gasteiger partial charge in [-0.05, 0) is 37.1 Å². The average molecular weight is 226 g/mol. The van der Waals surface area contributed by atoms with Gasteiger partial charge in [0.05, 0.1) is 6.10 Å². The fraction of sp³-hybridized carbons (Fsp3) is 0.500. The number of likely N-dealkylation sites (tertiary alicyclic amines) is 1. The molecule has 1 aliphatic heterocycles. The van der Waals surface area contributed by atoms with Crippen molar-refractivity contribution in [2.75, 3.05) is 13.1 Å². The SMILES string of the molecule is O[C@H]1CCCN(Cc2cccc(Cl)c2)C1. The number of aliphatic hydroxyl groups excluding tert-OH is 1. The summed E-state index contributed by atoms with van der Waals surface area (Å²) in [5.74, 6) is 0. The van der Waals surface area contributed by atoms with Crippen LogP contribution in [0.3, 0.4) is 0 Å². The van der Waals surface area contributed by atoms with Gasteiger partial charge in [-0.3, -0.25) is 4.90 Å². The fourth-order valence-corrected chi connectivity index (χ4v) is 2.28. The van der Waals surface area contributed by atoms with E-state index >= 15 is 0 Å². The molecule has 1 saturated heterocycles. The third-order valence-electron chi connectivity index (χ3n) is 2.78. The van der Waals surface area contributed by atoms with Crippen LogP contribution in [0.25, 0.3) is 0 Å². The molecule has 0 bridgehead atoms. The molecule has 82 valence electrons. The highest BCUT2D eigenvalue weighted by molar-refractivity contribution is 6.30. The standard InChI is InChI=1S/C12H16ClNO/c13-11-4-1-3-10(7-11)8-14-6-2-5-12(15)9-14/h1,3-4,7,12,15H,2,5-6,8-9H2/t12-/m0/s1. The van der Waals surface area contributed by atoms with E-state index in [1.807, 2.05) is 18.2 Å². The van der Waals surface area contributed by atoms with Crippen LogP contribution in [0.4, 0.5) is 0 Å². The molecule has 1 fully saturated rings. The first-order valence-electron chi connectivity index (χ1n) is 5.39. The first-order valence-corrected chi connectivity index (χ1v) is 5.77. The highest BCUT2D eigenvalue weighted by Crippen LogP contribution is 2.16. The number of piperidine rings is 1. The van der Waals surface area contributed by atoms with Crippen LogP contribution in [-0.4, -0.2) is 29.2 Å². The van der Waals surface area contributed by atoms with Gasteiger partial charge in [0, 0.05) is 18.1 Å². The van der Waals surface area contributed by atoms with Crippen molar-refractivity contribution in [3.63, 3.8) is 0 Å². The maximum atomic E-state index is 9.54. The van der Waals surface area contributed by atoms with E-state index in [1.54, 1.807) is 0 Å². The molecule has 0 aromatic heterocycles. The van der Waals surface area contributed by atoms with Crippen LogP contribution < -0.4 is 0 Å². The monoisotopic (exact) mass is 225 g/mol. The average Bonchev–Trinajstić information content (AvgIpc) is 2.17. The Balaban J connectivity index is 1.96. The number of nitrogens with zero attached hydrogens (tertiary/aromatic N) is 1. The van der Waals surface area contributed by atoms with Crippen molar-refractivity contribution in [2.24, 2.45) is 0 Å². The number of halogens is 1. The molecule has 2 rings (SSSR count). The number of hydrogen-bond donors (Lipinski definition) is 1. The normalized spacial score (nSPS) is 22.9. The molecule has 0 aliphatic carbocycles. The van der Waals surface area contributed by atoms with E-state index in [9.17, 15) is 5.11 Å². The minimum atomic E-state index is -0.155. The molecule has 1 heterocycles. The fourth-order valence-electron chi connectivity index (χ4n) is 2.07. The third-order valence-corrected chi connectivity index (χ3v) is 3.01. The van der Waals surface area contributed by atoms with Crippen molar-refractivity contribution >= 4 is 11.6 Å². The Bertz CT molecular complexity index is 329. The topological polar surface area (TPSA) is 23.5 Å². The molecule has 0 radical (unpaired) electrons. The second kappa shape index (κ2) is 4.97. The van der Waals surface area contributed by atoms with Gasteiger partial charge < -0.3 is 5.11 Å². The number of rotatable bonds is 2. The first kappa shape index (κ1) is 10.9. The van der Waals surface area contributed by atoms with E-state index < -0.39 is 0 Å². The highest BCUT2D eigenvalue weighted by Gasteiger charge is 2.17. The Labute approximate surface area is 95.5 Å². The Hall–Kier alpha value is -0.570. The van der Waals surface area contributed by atoms with Gasteiger partial charge in [-0.1, -0.05) is 23.7 Å². The smallest absolute Gasteiger partial charge is 0.0667 e. The lowest BCUT2D eigenvalue weighted by atomic mass is 10.1. The number of β-amino-alcohol motifs (C(OH)–C–C–N with tert-alkyl or cyclic N) is 1. The summed E-state index contributed by atoms with van der Waals surface area (Å²) < 4.78 is 0. The molecule has 2 nitrogen and oxygen atoms in total. The van der Waals surface area contributed by atoms with Crippen LogP contribution in [0, 0.1) is 0 Å². The Morgan fingerprint density at radius 2 is 2.33 bits per heavy atom. The summed E-state index contributed by atoms with van der Waals surface area (Å²) in [6.07, 6.45) is 1.87. The lowest BCUT2D eigenvalue weighted by Crippen LogP contribution is -2.37. The highest BCUT2D eigenvalue weighted by atomic mass is 35.5. The number of aliphatic hydroxyl groups is 1. The van der Waals surface area contributed by atoms with Crippen molar-refractivity contribution in [2.45, 2.75) is 25.5 Å². The van der Waals surface area contributed by atoms with Gasteiger partial charge in [0.15, 0.2) is 0 Å². The minimum Gasteiger partial charge on any atom is -0.392 e. The van der Waals surface area contributed by atoms with Crippen LogP contribution in [0.2, 0.25) is 5.02 Å². The predicted molar refractivity (Wildman–Crippen MR) is 62.0 cm³/mol. The Morgan fingerprint density at radius 1 is 1.47 bits per heavy atom. The van der Waals surface area contributed by atoms with Gasteiger partial charge in [-0.15, -0.1) is 0 Å². The molecule has 15 heavy (non-hydrogen) atoms. The van der Waals surface area contributed by atoms with Gasteiger partial charge >= 0.3 is 0 Å². The van der Waals surface area contributed by atoms with Gasteiger partial charge in [0.1, 0.15) is 0 Å². The third kappa shape index (κ3) is 3.20. The van der Waals surface area contributed by atoms with Crippen LogP contribution in [-0.2, 0) is 6.54 Å². The van der Waals surface area contributed by atoms with Crippen LogP contribution >= 0.6 is 11.6 Å². The largest absolute Gasteiger partial charge is 0.392 e. The Morgan fingerprint density at radius 3 is 3.07 bits per heavy atom. The van der Waals surface area contributed by atoms with E-state index in [2.05, 4.69) is 11.0 Å². The second-order valence-corrected chi connectivity index (χ2v) is 4.60. The van der Waals surface area contributed by atoms with Crippen molar-refractivity contribution < 1.29 is 5.11 Å². The quantitative estimate of drug-likeness (QED) is 0.835. The van der Waals surface area contributed by atoms with Gasteiger partial charge in [-0.2, -0.15) is 0 Å². The van der Waals surface area contributed by atoms with Gasteiger partial charge in [-0.25, -0.2) is 0 Å². The van der Waals surface area contributed by atoms with E-state index in [4.69, 9.17) is 11.6 Å². The molecule has 0 saturated carbocycles. The lowest BCUT2D eigenvalue weighted by Gasteiger charge is -2.29. The summed E-state index contributed by atoms with van der Waals surface area (Å²) >= 11 is 5.92. The summed E-state index contributed by atoms with van der Waals surface area (Å²) in [5, 5.41) is 10.3. The Kier molecular flexibility index (Phi) is 3.62. The van der Waals surface area contributed by atoms with E-state index in [-0.39, 0.29) is 6.10 Å². The van der Waals surface area contributed by atoms with Gasteiger partial charge in [0.2, 0.25) is 0 Å². The van der Waals surface area contributed by atoms with Gasteiger partial charge in [0.25, 0.3) is 0 Å². The zero-order chi connectivity index (χ0) is 10.7. The van der Waals surface area contributed by atoms with E-state index in [0.29, 0.717) is 0 Å². The summed E-state index contributed by atoms with van der Waals surface area (Å²) in [6.45, 7) is 2.74. The minimum absolute atomic E-state index is 0.155. The zero-order valence-electron chi connectivity index (χ0n) is 8.69. The molecule has 1 N–H and O–H groups in total. The lowest BCUT2D eigenvalue weighted by molar-refractivity contribution is 0.0668. The first-order chi connectivity index (χ1) is 7.24. The van der Waals surface area contributed by atoms with Crippen molar-refractivity contribution in [1.29, 1.82) is 0 Å². The van der Waals surface area contributed by atoms with E-state index in [1.165, 1.54) is 5.56 Å². The van der Waals surface area contributed by atoms with Crippen LogP contribution in [0.5, 0.6) is 0 Å². The predicted octanol–water partition coefficient (Wildman–Crippen LogP) is 2.30. The molecule has 1 aromatic carbocycles. The summed E-state index contributed by atoms with van der Waals surface area (Å²) in [7, 11) is 0. The molecule has 3 heteroatoms. The zero-order valence-corrected chi connectivity index (χ0v) is 9.45. The second-order valence-electron chi connectivity index (χ2n) is 4.16. The van der Waals surface area contributed by atoms with Crippen molar-refractivity contribution in [1.82, 2.24) is 4.90 Å². The molecule has 0 spiro atoms. The van der Waals surface area contributed by atoms with E-state index in [0.717, 1.165) is 37.5 Å². The molecule has 0 unspecified atom stereocenters. The summed E-state index contributed by atoms with van der Waals surface area (Å²) in [5.41, 5.74) is 1.22. The molecular weight excluding hydrogens is 210 g/mol. The molecule has 1 atom stereocenters. The summed E-state index contributed by atoms with van der Waals surface area (Å²) in [6, 6.07) is 7.92. The van der Waals surface area contributed by atoms with Crippen molar-refractivity contribution in [3.8, 4) is 0 Å². The molecule has 0 amide bonds. The molecule has 1 aliphatic rings. The maximum absolute atomic E-state index is 9.54. The van der Waals surface area contributed by atoms with Crippen molar-refractivity contribution in [3.05, 3.63) is 34.9 Å². The summed E-state index contributed by atoms with van der Waals surface area (Å²) in [4.78, 5) is 2.28. The number of hydrogen-bond acceptors (Lipinski definition) is 2. The number of benzene rings is 1.